The number of nitrogens with one attached hydrogen (secondary N) is 1. The Balaban J connectivity index is 2.17. The van der Waals surface area contributed by atoms with Gasteiger partial charge in [-0.25, -0.2) is 0 Å². The molecule has 0 saturated carbocycles. The molecule has 20 heavy (non-hydrogen) atoms. The van der Waals surface area contributed by atoms with Gasteiger partial charge in [-0.05, 0) is 49.8 Å². The lowest BCUT2D eigenvalue weighted by Crippen LogP contribution is -2.46. The van der Waals surface area contributed by atoms with E-state index in [2.05, 4.69) is 62.2 Å². The standard InChI is InChI=1S/C18H30N2/c1-5-10-19-12-17-8-6-7-9-18(17)20-13-14(2)11-15(3)16(20)4/h6-9,14-16,19H,5,10-13H2,1-4H3. The molecule has 3 atom stereocenters. The van der Waals surface area contributed by atoms with Gasteiger partial charge in [0.05, 0.1) is 0 Å². The van der Waals surface area contributed by atoms with Crippen LogP contribution in [0, 0.1) is 11.8 Å². The van der Waals surface area contributed by atoms with Crippen molar-refractivity contribution in [3.63, 3.8) is 0 Å². The topological polar surface area (TPSA) is 15.3 Å². The third kappa shape index (κ3) is 3.54. The predicted molar refractivity (Wildman–Crippen MR) is 88.2 cm³/mol. The number of anilines is 1. The molecule has 0 aliphatic carbocycles. The number of para-hydroxylation sites is 1. The van der Waals surface area contributed by atoms with Gasteiger partial charge in [0.2, 0.25) is 0 Å². The quantitative estimate of drug-likeness (QED) is 0.815. The Labute approximate surface area is 124 Å². The first kappa shape index (κ1) is 15.4. The zero-order chi connectivity index (χ0) is 14.5. The summed E-state index contributed by atoms with van der Waals surface area (Å²) in [6.07, 6.45) is 2.55. The van der Waals surface area contributed by atoms with Crippen molar-refractivity contribution >= 4 is 5.69 Å². The van der Waals surface area contributed by atoms with Gasteiger partial charge in [0.25, 0.3) is 0 Å². The van der Waals surface area contributed by atoms with E-state index in [0.29, 0.717) is 6.04 Å². The Hall–Kier alpha value is -1.02. The maximum absolute atomic E-state index is 3.54. The summed E-state index contributed by atoms with van der Waals surface area (Å²) in [6, 6.07) is 9.54. The Morgan fingerprint density at radius 1 is 1.20 bits per heavy atom. The predicted octanol–water partition coefficient (Wildman–Crippen LogP) is 4.06. The van der Waals surface area contributed by atoms with Crippen molar-refractivity contribution in [3.05, 3.63) is 29.8 Å². The van der Waals surface area contributed by atoms with Gasteiger partial charge in [-0.15, -0.1) is 0 Å². The minimum absolute atomic E-state index is 0.638. The van der Waals surface area contributed by atoms with Crippen molar-refractivity contribution in [3.8, 4) is 0 Å². The lowest BCUT2D eigenvalue weighted by atomic mass is 9.85. The highest BCUT2D eigenvalue weighted by atomic mass is 15.2. The Morgan fingerprint density at radius 3 is 2.70 bits per heavy atom. The summed E-state index contributed by atoms with van der Waals surface area (Å²) in [5.74, 6) is 1.56. The molecule has 0 amide bonds. The highest BCUT2D eigenvalue weighted by Crippen LogP contribution is 2.33. The fourth-order valence-electron chi connectivity index (χ4n) is 3.37. The van der Waals surface area contributed by atoms with E-state index in [1.807, 2.05) is 0 Å². The van der Waals surface area contributed by atoms with E-state index in [0.717, 1.165) is 24.9 Å². The molecule has 0 spiro atoms. The summed E-state index contributed by atoms with van der Waals surface area (Å²) in [4.78, 5) is 2.63. The van der Waals surface area contributed by atoms with Crippen LogP contribution in [0.15, 0.2) is 24.3 Å². The molecule has 1 saturated heterocycles. The minimum atomic E-state index is 0.638. The number of rotatable bonds is 5. The summed E-state index contributed by atoms with van der Waals surface area (Å²) < 4.78 is 0. The molecule has 2 nitrogen and oxygen atoms in total. The molecule has 0 bridgehead atoms. The van der Waals surface area contributed by atoms with Crippen LogP contribution in [-0.4, -0.2) is 19.1 Å². The van der Waals surface area contributed by atoms with E-state index in [1.54, 1.807) is 0 Å². The van der Waals surface area contributed by atoms with Crippen LogP contribution in [0.5, 0.6) is 0 Å². The molecule has 1 aromatic carbocycles. The van der Waals surface area contributed by atoms with Crippen LogP contribution in [0.1, 0.15) is 46.1 Å². The third-order valence-electron chi connectivity index (χ3n) is 4.64. The summed E-state index contributed by atoms with van der Waals surface area (Å²) in [5.41, 5.74) is 2.87. The molecule has 0 radical (unpaired) electrons. The molecular formula is C18H30N2. The first-order valence-corrected chi connectivity index (χ1v) is 8.18. The lowest BCUT2D eigenvalue weighted by Gasteiger charge is -2.43. The van der Waals surface area contributed by atoms with E-state index in [-0.39, 0.29) is 0 Å². The molecule has 1 heterocycles. The van der Waals surface area contributed by atoms with Crippen molar-refractivity contribution in [2.45, 2.75) is 53.1 Å². The van der Waals surface area contributed by atoms with Gasteiger partial charge in [0.1, 0.15) is 0 Å². The summed E-state index contributed by atoms with van der Waals surface area (Å²) in [6.45, 7) is 12.6. The largest absolute Gasteiger partial charge is 0.368 e. The molecule has 1 N–H and O–H groups in total. The van der Waals surface area contributed by atoms with Crippen LogP contribution in [0.4, 0.5) is 5.69 Å². The highest BCUT2D eigenvalue weighted by Gasteiger charge is 2.29. The van der Waals surface area contributed by atoms with Gasteiger partial charge in [0, 0.05) is 24.8 Å². The van der Waals surface area contributed by atoms with Gasteiger partial charge >= 0.3 is 0 Å². The average molecular weight is 274 g/mol. The molecule has 2 rings (SSSR count). The van der Waals surface area contributed by atoms with Crippen molar-refractivity contribution in [1.82, 2.24) is 5.32 Å². The van der Waals surface area contributed by atoms with Crippen LogP contribution < -0.4 is 10.2 Å². The maximum atomic E-state index is 3.54. The normalized spacial score (nSPS) is 26.8. The van der Waals surface area contributed by atoms with Crippen LogP contribution in [-0.2, 0) is 6.54 Å². The van der Waals surface area contributed by atoms with E-state index in [9.17, 15) is 0 Å². The van der Waals surface area contributed by atoms with Crippen LogP contribution >= 0.6 is 0 Å². The fraction of sp³-hybridized carbons (Fsp3) is 0.667. The Morgan fingerprint density at radius 2 is 1.95 bits per heavy atom. The van der Waals surface area contributed by atoms with Crippen molar-refractivity contribution in [1.29, 1.82) is 0 Å². The van der Waals surface area contributed by atoms with Gasteiger partial charge in [-0.1, -0.05) is 39.0 Å². The number of benzene rings is 1. The lowest BCUT2D eigenvalue weighted by molar-refractivity contribution is 0.296. The molecular weight excluding hydrogens is 244 g/mol. The second-order valence-corrected chi connectivity index (χ2v) is 6.52. The zero-order valence-electron chi connectivity index (χ0n) is 13.5. The molecule has 1 aliphatic rings. The molecule has 3 unspecified atom stereocenters. The zero-order valence-corrected chi connectivity index (χ0v) is 13.5. The van der Waals surface area contributed by atoms with Crippen molar-refractivity contribution in [2.24, 2.45) is 11.8 Å². The smallest absolute Gasteiger partial charge is 0.0414 e. The van der Waals surface area contributed by atoms with E-state index in [4.69, 9.17) is 0 Å². The monoisotopic (exact) mass is 274 g/mol. The van der Waals surface area contributed by atoms with Gasteiger partial charge in [0.15, 0.2) is 0 Å². The molecule has 112 valence electrons. The van der Waals surface area contributed by atoms with E-state index in [1.165, 1.54) is 30.6 Å². The van der Waals surface area contributed by atoms with Gasteiger partial charge < -0.3 is 10.2 Å². The molecule has 1 fully saturated rings. The first-order chi connectivity index (χ1) is 9.63. The van der Waals surface area contributed by atoms with Crippen molar-refractivity contribution < 1.29 is 0 Å². The van der Waals surface area contributed by atoms with Crippen LogP contribution in [0.2, 0.25) is 0 Å². The second-order valence-electron chi connectivity index (χ2n) is 6.52. The second kappa shape index (κ2) is 7.12. The van der Waals surface area contributed by atoms with E-state index >= 15 is 0 Å². The average Bonchev–Trinajstić information content (AvgIpc) is 2.44. The molecule has 0 aromatic heterocycles. The molecule has 1 aliphatic heterocycles. The van der Waals surface area contributed by atoms with Gasteiger partial charge in [-0.2, -0.15) is 0 Å². The minimum Gasteiger partial charge on any atom is -0.368 e. The highest BCUT2D eigenvalue weighted by molar-refractivity contribution is 5.55. The SMILES string of the molecule is CCCNCc1ccccc1N1CC(C)CC(C)C1C. The number of hydrogen-bond acceptors (Lipinski definition) is 2. The number of piperidine rings is 1. The number of nitrogens with zero attached hydrogens (tertiary/aromatic N) is 1. The maximum Gasteiger partial charge on any atom is 0.0414 e. The van der Waals surface area contributed by atoms with Crippen LogP contribution in [0.25, 0.3) is 0 Å². The van der Waals surface area contributed by atoms with E-state index < -0.39 is 0 Å². The summed E-state index contributed by atoms with van der Waals surface area (Å²) in [5, 5.41) is 3.54. The third-order valence-corrected chi connectivity index (χ3v) is 4.64. The Kier molecular flexibility index (Phi) is 5.47. The first-order valence-electron chi connectivity index (χ1n) is 8.18. The van der Waals surface area contributed by atoms with Crippen molar-refractivity contribution in [2.75, 3.05) is 18.0 Å². The number of hydrogen-bond donors (Lipinski definition) is 1. The summed E-state index contributed by atoms with van der Waals surface area (Å²) >= 11 is 0. The van der Waals surface area contributed by atoms with Gasteiger partial charge in [-0.3, -0.25) is 0 Å². The molecule has 1 aromatic rings. The summed E-state index contributed by atoms with van der Waals surface area (Å²) in [7, 11) is 0. The van der Waals surface area contributed by atoms with Crippen LogP contribution in [0.3, 0.4) is 0 Å². The Bertz CT molecular complexity index is 416. The fourth-order valence-corrected chi connectivity index (χ4v) is 3.37. The molecule has 2 heteroatoms.